The van der Waals surface area contributed by atoms with E-state index in [1.165, 1.54) is 0 Å². The van der Waals surface area contributed by atoms with Crippen LogP contribution < -0.4 is 9.46 Å². The van der Waals surface area contributed by atoms with Crippen molar-refractivity contribution >= 4 is 10.0 Å². The van der Waals surface area contributed by atoms with E-state index in [1.807, 2.05) is 54.6 Å². The van der Waals surface area contributed by atoms with Crippen LogP contribution >= 0.6 is 0 Å². The van der Waals surface area contributed by atoms with E-state index in [4.69, 9.17) is 4.74 Å². The van der Waals surface area contributed by atoms with Crippen LogP contribution in [0, 0.1) is 0 Å². The lowest BCUT2D eigenvalue weighted by atomic mass is 10.1. The monoisotopic (exact) mass is 471 g/mol. The number of aromatic amines is 1. The van der Waals surface area contributed by atoms with Crippen LogP contribution in [-0.2, 0) is 16.4 Å². The van der Waals surface area contributed by atoms with E-state index in [2.05, 4.69) is 38.7 Å². The number of rotatable bonds is 13. The van der Waals surface area contributed by atoms with Crippen molar-refractivity contribution in [2.45, 2.75) is 32.7 Å². The summed E-state index contributed by atoms with van der Waals surface area (Å²) in [7, 11) is -1.89. The first kappa shape index (κ1) is 24.9. The molecule has 0 aliphatic heterocycles. The molecule has 0 saturated heterocycles. The van der Waals surface area contributed by atoms with Gasteiger partial charge in [0, 0.05) is 5.56 Å². The minimum absolute atomic E-state index is 0.0638. The fourth-order valence-electron chi connectivity index (χ4n) is 3.64. The molecule has 0 aliphatic carbocycles. The lowest BCUT2D eigenvalue weighted by Crippen LogP contribution is -2.34. The maximum atomic E-state index is 12.9. The Balaban J connectivity index is 1.77. The van der Waals surface area contributed by atoms with Gasteiger partial charge in [-0.05, 0) is 62.3 Å². The highest BCUT2D eigenvalue weighted by Crippen LogP contribution is 2.22. The molecule has 0 aliphatic rings. The first-order valence-electron chi connectivity index (χ1n) is 11.3. The molecule has 0 radical (unpaired) electrons. The second-order valence-corrected chi connectivity index (χ2v) is 9.71. The first-order chi connectivity index (χ1) is 15.9. The molecule has 1 heterocycles. The molecule has 1 aromatic heterocycles. The first-order valence-corrected chi connectivity index (χ1v) is 12.9. The van der Waals surface area contributed by atoms with Gasteiger partial charge < -0.3 is 9.64 Å². The van der Waals surface area contributed by atoms with E-state index >= 15 is 0 Å². The van der Waals surface area contributed by atoms with Gasteiger partial charge in [-0.3, -0.25) is 5.10 Å². The van der Waals surface area contributed by atoms with E-state index in [-0.39, 0.29) is 5.75 Å². The molecule has 9 heteroatoms. The van der Waals surface area contributed by atoms with E-state index in [9.17, 15) is 8.42 Å². The minimum Gasteiger partial charge on any atom is -0.497 e. The van der Waals surface area contributed by atoms with Gasteiger partial charge in [0.2, 0.25) is 10.0 Å². The topological polar surface area (TPSA) is 100 Å². The van der Waals surface area contributed by atoms with Crippen LogP contribution in [0.3, 0.4) is 0 Å². The number of nitrogens with zero attached hydrogens (tertiary/aromatic N) is 3. The predicted octanol–water partition coefficient (Wildman–Crippen LogP) is 3.42. The van der Waals surface area contributed by atoms with Crippen molar-refractivity contribution in [3.8, 4) is 17.1 Å². The Morgan fingerprint density at radius 3 is 2.39 bits per heavy atom. The Morgan fingerprint density at radius 2 is 1.76 bits per heavy atom. The largest absolute Gasteiger partial charge is 0.497 e. The van der Waals surface area contributed by atoms with E-state index in [0.29, 0.717) is 24.5 Å². The molecule has 0 bridgehead atoms. The summed E-state index contributed by atoms with van der Waals surface area (Å²) in [6, 6.07) is 16.6. The molecule has 0 amide bonds. The lowest BCUT2D eigenvalue weighted by molar-refractivity contribution is 0.304. The molecule has 2 aromatic carbocycles. The summed E-state index contributed by atoms with van der Waals surface area (Å²) < 4.78 is 33.9. The van der Waals surface area contributed by atoms with Gasteiger partial charge in [-0.25, -0.2) is 18.1 Å². The maximum Gasteiger partial charge on any atom is 0.212 e. The number of benzene rings is 2. The summed E-state index contributed by atoms with van der Waals surface area (Å²) in [6.07, 6.45) is 1.04. The number of hydrogen-bond acceptors (Lipinski definition) is 6. The fourth-order valence-corrected chi connectivity index (χ4v) is 4.89. The molecule has 178 valence electrons. The number of hydrogen-bond donors (Lipinski definition) is 2. The number of nitrogens with one attached hydrogen (secondary N) is 2. The van der Waals surface area contributed by atoms with Gasteiger partial charge in [0.15, 0.2) is 5.82 Å². The van der Waals surface area contributed by atoms with Gasteiger partial charge in [-0.1, -0.05) is 44.2 Å². The number of sulfonamides is 1. The summed E-state index contributed by atoms with van der Waals surface area (Å²) in [5.41, 5.74) is 1.83. The summed E-state index contributed by atoms with van der Waals surface area (Å²) in [5.74, 6) is 1.80. The van der Waals surface area contributed by atoms with Crippen LogP contribution in [0.2, 0.25) is 0 Å². The van der Waals surface area contributed by atoms with Gasteiger partial charge in [0.1, 0.15) is 11.6 Å². The summed E-state index contributed by atoms with van der Waals surface area (Å²) in [6.45, 7) is 6.73. The van der Waals surface area contributed by atoms with Crippen LogP contribution in [0.25, 0.3) is 11.4 Å². The Labute approximate surface area is 196 Å². The smallest absolute Gasteiger partial charge is 0.212 e. The zero-order valence-corrected chi connectivity index (χ0v) is 20.3. The van der Waals surface area contributed by atoms with Crippen LogP contribution in [0.15, 0.2) is 54.6 Å². The Morgan fingerprint density at radius 1 is 1.06 bits per heavy atom. The molecule has 3 aromatic rings. The Hall–Kier alpha value is -2.75. The van der Waals surface area contributed by atoms with Gasteiger partial charge in [0.25, 0.3) is 0 Å². The molecule has 0 unspecified atom stereocenters. The quantitative estimate of drug-likeness (QED) is 0.396. The maximum absolute atomic E-state index is 12.9. The molecule has 0 fully saturated rings. The molecule has 0 spiro atoms. The number of methoxy groups -OCH3 is 1. The van der Waals surface area contributed by atoms with Crippen LogP contribution in [0.4, 0.5) is 0 Å². The van der Waals surface area contributed by atoms with Crippen LogP contribution in [-0.4, -0.2) is 61.0 Å². The third-order valence-electron chi connectivity index (χ3n) is 5.57. The van der Waals surface area contributed by atoms with Crippen molar-refractivity contribution in [2.75, 3.05) is 32.5 Å². The van der Waals surface area contributed by atoms with Crippen molar-refractivity contribution in [3.05, 3.63) is 66.0 Å². The zero-order chi connectivity index (χ0) is 23.7. The second-order valence-electron chi connectivity index (χ2n) is 7.83. The average Bonchev–Trinajstić information content (AvgIpc) is 3.32. The van der Waals surface area contributed by atoms with Crippen LogP contribution in [0.1, 0.15) is 37.7 Å². The van der Waals surface area contributed by atoms with E-state index < -0.39 is 16.1 Å². The summed E-state index contributed by atoms with van der Waals surface area (Å²) in [4.78, 5) is 6.83. The molecule has 8 nitrogen and oxygen atoms in total. The van der Waals surface area contributed by atoms with Gasteiger partial charge in [-0.2, -0.15) is 5.10 Å². The third kappa shape index (κ3) is 7.38. The van der Waals surface area contributed by atoms with Gasteiger partial charge in [-0.15, -0.1) is 0 Å². The van der Waals surface area contributed by atoms with E-state index in [0.717, 1.165) is 36.5 Å². The normalized spacial score (nSPS) is 12.7. The zero-order valence-electron chi connectivity index (χ0n) is 19.5. The van der Waals surface area contributed by atoms with Gasteiger partial charge >= 0.3 is 0 Å². The average molecular weight is 472 g/mol. The predicted molar refractivity (Wildman–Crippen MR) is 131 cm³/mol. The number of H-pyrrole nitrogens is 1. The number of aromatic nitrogens is 3. The number of ether oxygens (including phenoxy) is 1. The van der Waals surface area contributed by atoms with Crippen LogP contribution in [0.5, 0.6) is 5.75 Å². The van der Waals surface area contributed by atoms with Crippen molar-refractivity contribution in [3.63, 3.8) is 0 Å². The lowest BCUT2D eigenvalue weighted by Gasteiger charge is -2.19. The molecular formula is C24H33N5O3S. The molecule has 33 heavy (non-hydrogen) atoms. The molecular weight excluding hydrogens is 438 g/mol. The van der Waals surface area contributed by atoms with E-state index in [1.54, 1.807) is 7.11 Å². The molecule has 0 saturated carbocycles. The second kappa shape index (κ2) is 11.9. The summed E-state index contributed by atoms with van der Waals surface area (Å²) >= 11 is 0. The standard InChI is InChI=1S/C24H33N5O3S/c1-4-29(5-2)16-9-17-33(30,31)28-22(18-19-10-7-6-8-11-19)24-25-23(26-27-24)20-12-14-21(32-3)15-13-20/h6-8,10-15,22,28H,4-5,9,16-18H2,1-3H3,(H,25,26,27)/t22-/m1/s1. The van der Waals surface area contributed by atoms with Crippen molar-refractivity contribution in [1.82, 2.24) is 24.8 Å². The van der Waals surface area contributed by atoms with Crippen molar-refractivity contribution in [2.24, 2.45) is 0 Å². The highest BCUT2D eigenvalue weighted by molar-refractivity contribution is 7.89. The van der Waals surface area contributed by atoms with Gasteiger partial charge in [0.05, 0.1) is 18.9 Å². The molecule has 2 N–H and O–H groups in total. The third-order valence-corrected chi connectivity index (χ3v) is 7.04. The summed E-state index contributed by atoms with van der Waals surface area (Å²) in [5, 5.41) is 7.26. The highest BCUT2D eigenvalue weighted by atomic mass is 32.2. The molecule has 3 rings (SSSR count). The van der Waals surface area contributed by atoms with Crippen molar-refractivity contribution in [1.29, 1.82) is 0 Å². The fraction of sp³-hybridized carbons (Fsp3) is 0.417. The van der Waals surface area contributed by atoms with Crippen molar-refractivity contribution < 1.29 is 13.2 Å². The Bertz CT molecular complexity index is 1080. The minimum atomic E-state index is -3.51. The molecule has 1 atom stereocenters. The Kier molecular flexibility index (Phi) is 8.99. The SMILES string of the molecule is CCN(CC)CCCS(=O)(=O)N[C@H](Cc1ccccc1)c1nc(-c2ccc(OC)cc2)n[nH]1. The highest BCUT2D eigenvalue weighted by Gasteiger charge is 2.23.